The van der Waals surface area contributed by atoms with Crippen LogP contribution < -0.4 is 11.3 Å². The molecule has 0 spiro atoms. The molecule has 0 fully saturated rings. The van der Waals surface area contributed by atoms with Crippen molar-refractivity contribution in [2.45, 2.75) is 20.0 Å². The van der Waals surface area contributed by atoms with Crippen molar-refractivity contribution in [2.75, 3.05) is 0 Å². The predicted molar refractivity (Wildman–Crippen MR) is 57.0 cm³/mol. The third kappa shape index (κ3) is 1.72. The molecule has 2 heterocycles. The molecule has 7 heteroatoms. The van der Waals surface area contributed by atoms with Gasteiger partial charge in [0.05, 0.1) is 6.54 Å². The van der Waals surface area contributed by atoms with Crippen LogP contribution in [-0.4, -0.2) is 24.3 Å². The fourth-order valence-corrected chi connectivity index (χ4v) is 1.33. The van der Waals surface area contributed by atoms with E-state index in [4.69, 9.17) is 5.73 Å². The maximum absolute atomic E-state index is 11.9. The Labute approximate surface area is 91.6 Å². The molecule has 0 saturated heterocycles. The minimum Gasteiger partial charge on any atom is -0.324 e. The first-order valence-corrected chi connectivity index (χ1v) is 4.92. The number of aromatic nitrogens is 5. The Balaban J connectivity index is 2.51. The van der Waals surface area contributed by atoms with Crippen LogP contribution in [0.3, 0.4) is 0 Å². The van der Waals surface area contributed by atoms with E-state index in [1.165, 1.54) is 11.0 Å². The van der Waals surface area contributed by atoms with E-state index < -0.39 is 0 Å². The monoisotopic (exact) mass is 220 g/mol. The van der Waals surface area contributed by atoms with Gasteiger partial charge in [-0.1, -0.05) is 0 Å². The van der Waals surface area contributed by atoms with E-state index in [-0.39, 0.29) is 17.9 Å². The predicted octanol–water partition coefficient (Wildman–Crippen LogP) is -0.697. The quantitative estimate of drug-likeness (QED) is 0.738. The molecule has 0 saturated carbocycles. The van der Waals surface area contributed by atoms with Crippen LogP contribution in [0.5, 0.6) is 0 Å². The van der Waals surface area contributed by atoms with Gasteiger partial charge >= 0.3 is 0 Å². The molecule has 2 N–H and O–H groups in total. The molecule has 0 unspecified atom stereocenters. The molecule has 2 aromatic rings. The highest BCUT2D eigenvalue weighted by molar-refractivity contribution is 5.15. The first-order chi connectivity index (χ1) is 7.76. The van der Waals surface area contributed by atoms with Gasteiger partial charge in [-0.15, -0.1) is 5.10 Å². The van der Waals surface area contributed by atoms with Crippen molar-refractivity contribution in [1.29, 1.82) is 0 Å². The molecule has 84 valence electrons. The number of hydrogen-bond acceptors (Lipinski definition) is 5. The second-order valence-electron chi connectivity index (χ2n) is 3.15. The van der Waals surface area contributed by atoms with Gasteiger partial charge in [0, 0.05) is 18.9 Å². The van der Waals surface area contributed by atoms with Crippen LogP contribution in [0.1, 0.15) is 12.7 Å². The van der Waals surface area contributed by atoms with Crippen LogP contribution in [0.25, 0.3) is 5.82 Å². The van der Waals surface area contributed by atoms with E-state index >= 15 is 0 Å². The first-order valence-electron chi connectivity index (χ1n) is 4.92. The number of nitrogens with two attached hydrogens (primary N) is 1. The lowest BCUT2D eigenvalue weighted by atomic mass is 10.6. The molecule has 0 atom stereocenters. The van der Waals surface area contributed by atoms with Gasteiger partial charge in [-0.05, 0) is 6.92 Å². The number of aryl methyl sites for hydroxylation is 1. The van der Waals surface area contributed by atoms with Crippen molar-refractivity contribution in [3.8, 4) is 5.82 Å². The van der Waals surface area contributed by atoms with Gasteiger partial charge in [-0.25, -0.2) is 9.97 Å². The molecule has 2 rings (SSSR count). The summed E-state index contributed by atoms with van der Waals surface area (Å²) in [5.74, 6) is 0.713. The van der Waals surface area contributed by atoms with Crippen molar-refractivity contribution in [2.24, 2.45) is 5.73 Å². The average Bonchev–Trinajstić information content (AvgIpc) is 2.78. The molecule has 0 amide bonds. The maximum Gasteiger partial charge on any atom is 0.295 e. The van der Waals surface area contributed by atoms with Crippen molar-refractivity contribution in [3.05, 3.63) is 34.9 Å². The molecule has 16 heavy (non-hydrogen) atoms. The highest BCUT2D eigenvalue weighted by Crippen LogP contribution is 1.95. The fraction of sp³-hybridized carbons (Fsp3) is 0.333. The molecule has 2 aromatic heterocycles. The van der Waals surface area contributed by atoms with E-state index in [1.807, 2.05) is 6.92 Å². The van der Waals surface area contributed by atoms with Crippen LogP contribution in [-0.2, 0) is 13.1 Å². The van der Waals surface area contributed by atoms with Gasteiger partial charge in [0.1, 0.15) is 6.33 Å². The van der Waals surface area contributed by atoms with Crippen LogP contribution in [0, 0.1) is 0 Å². The number of rotatable bonds is 3. The molecule has 0 aliphatic heterocycles. The largest absolute Gasteiger partial charge is 0.324 e. The van der Waals surface area contributed by atoms with Gasteiger partial charge in [0.25, 0.3) is 5.56 Å². The summed E-state index contributed by atoms with van der Waals surface area (Å²) in [6, 6.07) is 0. The maximum atomic E-state index is 11.9. The number of nitrogens with zero attached hydrogens (tertiary/aromatic N) is 5. The SMILES string of the molecule is CCn1ccnc(-n2cnc(CN)n2)c1=O. The summed E-state index contributed by atoms with van der Waals surface area (Å²) in [6.45, 7) is 2.71. The zero-order valence-corrected chi connectivity index (χ0v) is 8.87. The van der Waals surface area contributed by atoms with E-state index in [0.717, 1.165) is 0 Å². The third-order valence-electron chi connectivity index (χ3n) is 2.18. The topological polar surface area (TPSA) is 91.6 Å². The highest BCUT2D eigenvalue weighted by atomic mass is 16.1. The normalized spacial score (nSPS) is 10.6. The van der Waals surface area contributed by atoms with Gasteiger partial charge in [0.15, 0.2) is 5.82 Å². The molecule has 0 bridgehead atoms. The second kappa shape index (κ2) is 4.23. The average molecular weight is 220 g/mol. The second-order valence-corrected chi connectivity index (χ2v) is 3.15. The molecular weight excluding hydrogens is 208 g/mol. The summed E-state index contributed by atoms with van der Waals surface area (Å²) < 4.78 is 2.89. The first kappa shape index (κ1) is 10.5. The standard InChI is InChI=1S/C9H12N6O/c1-2-14-4-3-11-8(9(14)16)15-6-12-7(5-10)13-15/h3-4,6H,2,5,10H2,1H3. The highest BCUT2D eigenvalue weighted by Gasteiger charge is 2.08. The lowest BCUT2D eigenvalue weighted by Gasteiger charge is -2.03. The van der Waals surface area contributed by atoms with Crippen LogP contribution in [0.15, 0.2) is 23.5 Å². The Morgan fingerprint density at radius 3 is 2.88 bits per heavy atom. The summed E-state index contributed by atoms with van der Waals surface area (Å²) in [5.41, 5.74) is 5.20. The lowest BCUT2D eigenvalue weighted by molar-refractivity contribution is 0.690. The molecular formula is C9H12N6O. The number of hydrogen-bond donors (Lipinski definition) is 1. The summed E-state index contributed by atoms with van der Waals surface area (Å²) >= 11 is 0. The summed E-state index contributed by atoms with van der Waals surface area (Å²) in [5, 5.41) is 4.04. The van der Waals surface area contributed by atoms with E-state index in [1.54, 1.807) is 17.0 Å². The summed E-state index contributed by atoms with van der Waals surface area (Å²) in [4.78, 5) is 19.8. The van der Waals surface area contributed by atoms with Crippen molar-refractivity contribution >= 4 is 0 Å². The molecule has 0 radical (unpaired) electrons. The van der Waals surface area contributed by atoms with Crippen LogP contribution >= 0.6 is 0 Å². The molecule has 7 nitrogen and oxygen atoms in total. The Kier molecular flexibility index (Phi) is 2.78. The van der Waals surface area contributed by atoms with E-state index in [2.05, 4.69) is 15.1 Å². The van der Waals surface area contributed by atoms with E-state index in [0.29, 0.717) is 12.4 Å². The zero-order chi connectivity index (χ0) is 11.5. The zero-order valence-electron chi connectivity index (χ0n) is 8.87. The smallest absolute Gasteiger partial charge is 0.295 e. The van der Waals surface area contributed by atoms with Gasteiger partial charge in [0.2, 0.25) is 5.82 Å². The Hall–Kier alpha value is -2.02. The van der Waals surface area contributed by atoms with Crippen LogP contribution in [0.2, 0.25) is 0 Å². The Morgan fingerprint density at radius 2 is 2.25 bits per heavy atom. The Bertz CT molecular complexity index is 543. The summed E-state index contributed by atoms with van der Waals surface area (Å²) in [6.07, 6.45) is 4.63. The van der Waals surface area contributed by atoms with Gasteiger partial charge in [-0.2, -0.15) is 4.68 Å². The van der Waals surface area contributed by atoms with Crippen molar-refractivity contribution in [1.82, 2.24) is 24.3 Å². The molecule has 0 aromatic carbocycles. The summed E-state index contributed by atoms with van der Waals surface area (Å²) in [7, 11) is 0. The molecule has 0 aliphatic rings. The van der Waals surface area contributed by atoms with E-state index in [9.17, 15) is 4.79 Å². The minimum absolute atomic E-state index is 0.196. The van der Waals surface area contributed by atoms with Gasteiger partial charge < -0.3 is 10.3 Å². The van der Waals surface area contributed by atoms with Gasteiger partial charge in [-0.3, -0.25) is 4.79 Å². The third-order valence-corrected chi connectivity index (χ3v) is 2.18. The van der Waals surface area contributed by atoms with Crippen LogP contribution in [0.4, 0.5) is 0 Å². The minimum atomic E-state index is -0.196. The fourth-order valence-electron chi connectivity index (χ4n) is 1.33. The Morgan fingerprint density at radius 1 is 1.44 bits per heavy atom. The lowest BCUT2D eigenvalue weighted by Crippen LogP contribution is -2.25. The van der Waals surface area contributed by atoms with Crippen molar-refractivity contribution < 1.29 is 0 Å². The molecule has 0 aliphatic carbocycles. The van der Waals surface area contributed by atoms with Crippen molar-refractivity contribution in [3.63, 3.8) is 0 Å².